The van der Waals surface area contributed by atoms with Crippen molar-refractivity contribution in [2.24, 2.45) is 11.7 Å². The van der Waals surface area contributed by atoms with Crippen molar-refractivity contribution in [3.05, 3.63) is 0 Å². The van der Waals surface area contributed by atoms with Crippen LogP contribution in [0.3, 0.4) is 0 Å². The van der Waals surface area contributed by atoms with Crippen molar-refractivity contribution in [3.8, 4) is 0 Å². The molecule has 4 heteroatoms. The predicted octanol–water partition coefficient (Wildman–Crippen LogP) is 0.714. The first-order valence-electron chi connectivity index (χ1n) is 6.83. The lowest BCUT2D eigenvalue weighted by atomic mass is 10.0. The van der Waals surface area contributed by atoms with Crippen LogP contribution in [0.2, 0.25) is 0 Å². The molecule has 98 valence electrons. The molecule has 2 rings (SSSR count). The molecular formula is C13H25N3O. The minimum Gasteiger partial charge on any atom is -0.368 e. The number of carbonyl (C=O) groups excluding carboxylic acids is 1. The topological polar surface area (TPSA) is 58.4 Å². The van der Waals surface area contributed by atoms with Gasteiger partial charge in [0.05, 0.1) is 0 Å². The first-order valence-corrected chi connectivity index (χ1v) is 6.83. The van der Waals surface area contributed by atoms with Crippen LogP contribution in [0.15, 0.2) is 0 Å². The summed E-state index contributed by atoms with van der Waals surface area (Å²) in [6.45, 7) is 7.17. The van der Waals surface area contributed by atoms with Crippen LogP contribution in [-0.4, -0.2) is 42.0 Å². The van der Waals surface area contributed by atoms with Crippen LogP contribution >= 0.6 is 0 Å². The molecular weight excluding hydrogens is 214 g/mol. The van der Waals surface area contributed by atoms with E-state index >= 15 is 0 Å². The van der Waals surface area contributed by atoms with Crippen molar-refractivity contribution in [2.45, 2.75) is 51.1 Å². The number of amides is 1. The van der Waals surface area contributed by atoms with Gasteiger partial charge in [0.25, 0.3) is 0 Å². The van der Waals surface area contributed by atoms with E-state index in [2.05, 4.69) is 17.1 Å². The Labute approximate surface area is 104 Å². The Balaban J connectivity index is 1.90. The van der Waals surface area contributed by atoms with E-state index in [9.17, 15) is 4.79 Å². The third-order valence-corrected chi connectivity index (χ3v) is 4.13. The summed E-state index contributed by atoms with van der Waals surface area (Å²) in [6.07, 6.45) is 4.86. The number of primary amides is 1. The number of hydrogen-bond acceptors (Lipinski definition) is 3. The van der Waals surface area contributed by atoms with Gasteiger partial charge in [-0.15, -0.1) is 0 Å². The summed E-state index contributed by atoms with van der Waals surface area (Å²) in [5.41, 5.74) is 5.01. The van der Waals surface area contributed by atoms with E-state index in [1.165, 1.54) is 25.7 Å². The highest BCUT2D eigenvalue weighted by Crippen LogP contribution is 2.25. The lowest BCUT2D eigenvalue weighted by Gasteiger charge is -2.32. The second-order valence-electron chi connectivity index (χ2n) is 5.91. The zero-order chi connectivity index (χ0) is 12.5. The molecule has 4 nitrogen and oxygen atoms in total. The SMILES string of the molecule is CCC1CCN(CC(C)(NC2CC2)C(N)=O)C1. The second kappa shape index (κ2) is 4.94. The molecule has 2 aliphatic rings. The summed E-state index contributed by atoms with van der Waals surface area (Å²) in [4.78, 5) is 14.0. The van der Waals surface area contributed by atoms with Gasteiger partial charge in [-0.25, -0.2) is 0 Å². The second-order valence-corrected chi connectivity index (χ2v) is 5.91. The fourth-order valence-electron chi connectivity index (χ4n) is 2.71. The molecule has 1 saturated carbocycles. The van der Waals surface area contributed by atoms with Crippen molar-refractivity contribution in [2.75, 3.05) is 19.6 Å². The van der Waals surface area contributed by atoms with Crippen LogP contribution in [-0.2, 0) is 4.79 Å². The Morgan fingerprint density at radius 1 is 1.47 bits per heavy atom. The van der Waals surface area contributed by atoms with Crippen molar-refractivity contribution in [1.29, 1.82) is 0 Å². The summed E-state index contributed by atoms with van der Waals surface area (Å²) < 4.78 is 0. The van der Waals surface area contributed by atoms with Gasteiger partial charge in [-0.1, -0.05) is 13.3 Å². The quantitative estimate of drug-likeness (QED) is 0.718. The summed E-state index contributed by atoms with van der Waals surface area (Å²) in [7, 11) is 0. The third kappa shape index (κ3) is 3.19. The molecule has 1 aliphatic heterocycles. The first-order chi connectivity index (χ1) is 8.03. The average Bonchev–Trinajstić information content (AvgIpc) is 2.95. The maximum atomic E-state index is 11.7. The highest BCUT2D eigenvalue weighted by Gasteiger charge is 2.39. The molecule has 0 aromatic heterocycles. The number of carbonyl (C=O) groups is 1. The summed E-state index contributed by atoms with van der Waals surface area (Å²) >= 11 is 0. The largest absolute Gasteiger partial charge is 0.368 e. The Morgan fingerprint density at radius 3 is 2.65 bits per heavy atom. The van der Waals surface area contributed by atoms with Gasteiger partial charge < -0.3 is 10.6 Å². The zero-order valence-electron chi connectivity index (χ0n) is 11.0. The van der Waals surface area contributed by atoms with Gasteiger partial charge in [0.2, 0.25) is 5.91 Å². The van der Waals surface area contributed by atoms with E-state index in [0.29, 0.717) is 6.04 Å². The Hall–Kier alpha value is -0.610. The predicted molar refractivity (Wildman–Crippen MR) is 68.6 cm³/mol. The molecule has 2 atom stereocenters. The molecule has 1 saturated heterocycles. The van der Waals surface area contributed by atoms with Crippen molar-refractivity contribution in [1.82, 2.24) is 10.2 Å². The third-order valence-electron chi connectivity index (χ3n) is 4.13. The molecule has 0 bridgehead atoms. The number of nitrogens with one attached hydrogen (secondary N) is 1. The smallest absolute Gasteiger partial charge is 0.238 e. The van der Waals surface area contributed by atoms with E-state index in [1.54, 1.807) is 0 Å². The molecule has 2 unspecified atom stereocenters. The van der Waals surface area contributed by atoms with Crippen molar-refractivity contribution in [3.63, 3.8) is 0 Å². The maximum absolute atomic E-state index is 11.7. The maximum Gasteiger partial charge on any atom is 0.238 e. The number of hydrogen-bond donors (Lipinski definition) is 2. The van der Waals surface area contributed by atoms with Crippen LogP contribution in [0.4, 0.5) is 0 Å². The van der Waals surface area contributed by atoms with Crippen LogP contribution in [0.25, 0.3) is 0 Å². The van der Waals surface area contributed by atoms with E-state index in [-0.39, 0.29) is 5.91 Å². The van der Waals surface area contributed by atoms with Gasteiger partial charge in [0.1, 0.15) is 5.54 Å². The highest BCUT2D eigenvalue weighted by atomic mass is 16.1. The number of nitrogens with zero attached hydrogens (tertiary/aromatic N) is 1. The number of nitrogens with two attached hydrogens (primary N) is 1. The van der Waals surface area contributed by atoms with Gasteiger partial charge in [-0.3, -0.25) is 10.1 Å². The molecule has 0 spiro atoms. The average molecular weight is 239 g/mol. The molecule has 1 amide bonds. The highest BCUT2D eigenvalue weighted by molar-refractivity contribution is 5.84. The molecule has 1 aliphatic carbocycles. The fourth-order valence-corrected chi connectivity index (χ4v) is 2.71. The Bertz CT molecular complexity index is 290. The Kier molecular flexibility index (Phi) is 3.73. The van der Waals surface area contributed by atoms with Crippen LogP contribution in [0, 0.1) is 5.92 Å². The summed E-state index contributed by atoms with van der Waals surface area (Å²) in [5, 5.41) is 3.41. The number of likely N-dealkylation sites (tertiary alicyclic amines) is 1. The Morgan fingerprint density at radius 2 is 2.18 bits per heavy atom. The molecule has 17 heavy (non-hydrogen) atoms. The minimum atomic E-state index is -0.552. The van der Waals surface area contributed by atoms with E-state index in [1.807, 2.05) is 6.92 Å². The van der Waals surface area contributed by atoms with Crippen LogP contribution in [0.5, 0.6) is 0 Å². The van der Waals surface area contributed by atoms with Gasteiger partial charge in [-0.2, -0.15) is 0 Å². The molecule has 0 aromatic rings. The monoisotopic (exact) mass is 239 g/mol. The zero-order valence-corrected chi connectivity index (χ0v) is 11.0. The summed E-state index contributed by atoms with van der Waals surface area (Å²) in [5.74, 6) is 0.581. The van der Waals surface area contributed by atoms with Crippen LogP contribution in [0.1, 0.15) is 39.5 Å². The molecule has 3 N–H and O–H groups in total. The molecule has 0 radical (unpaired) electrons. The van der Waals surface area contributed by atoms with E-state index < -0.39 is 5.54 Å². The lowest BCUT2D eigenvalue weighted by molar-refractivity contribution is -0.124. The van der Waals surface area contributed by atoms with Crippen LogP contribution < -0.4 is 11.1 Å². The normalized spacial score (nSPS) is 29.2. The van der Waals surface area contributed by atoms with Gasteiger partial charge in [0.15, 0.2) is 0 Å². The van der Waals surface area contributed by atoms with Gasteiger partial charge in [-0.05, 0) is 38.6 Å². The van der Waals surface area contributed by atoms with E-state index in [4.69, 9.17) is 5.73 Å². The summed E-state index contributed by atoms with van der Waals surface area (Å²) in [6, 6.07) is 0.511. The molecule has 0 aromatic carbocycles. The minimum absolute atomic E-state index is 0.218. The van der Waals surface area contributed by atoms with Crippen molar-refractivity contribution >= 4 is 5.91 Å². The fraction of sp³-hybridized carbons (Fsp3) is 0.923. The molecule has 1 heterocycles. The van der Waals surface area contributed by atoms with Gasteiger partial charge >= 0.3 is 0 Å². The standard InChI is InChI=1S/C13H25N3O/c1-3-10-6-7-16(8-10)9-13(2,12(14)17)15-11-4-5-11/h10-11,15H,3-9H2,1-2H3,(H2,14,17). The van der Waals surface area contributed by atoms with E-state index in [0.717, 1.165) is 25.6 Å². The first kappa shape index (κ1) is 12.8. The molecule has 2 fully saturated rings. The number of rotatable bonds is 6. The van der Waals surface area contributed by atoms with Crippen molar-refractivity contribution < 1.29 is 4.79 Å². The van der Waals surface area contributed by atoms with Gasteiger partial charge in [0, 0.05) is 19.1 Å². The lowest BCUT2D eigenvalue weighted by Crippen LogP contribution is -2.60.